The Morgan fingerprint density at radius 2 is 1.93 bits per heavy atom. The van der Waals surface area contributed by atoms with Gasteiger partial charge in [-0.2, -0.15) is 10.2 Å². The van der Waals surface area contributed by atoms with Crippen molar-refractivity contribution in [3.63, 3.8) is 0 Å². The lowest BCUT2D eigenvalue weighted by Crippen LogP contribution is -2.36. The summed E-state index contributed by atoms with van der Waals surface area (Å²) in [5, 5.41) is 12.0. The quantitative estimate of drug-likeness (QED) is 0.570. The number of ether oxygens (including phenoxy) is 1. The number of benzene rings is 2. The van der Waals surface area contributed by atoms with E-state index < -0.39 is 0 Å². The van der Waals surface area contributed by atoms with Crippen LogP contribution in [-0.4, -0.2) is 44.4 Å². The molecule has 0 saturated heterocycles. The molecule has 1 aliphatic rings. The highest BCUT2D eigenvalue weighted by molar-refractivity contribution is 5.98. The average Bonchev–Trinajstić information content (AvgIpc) is 3.48. The van der Waals surface area contributed by atoms with Crippen LogP contribution in [-0.2, 0) is 13.0 Å². The number of nitrogens with zero attached hydrogens (tertiary/aromatic N) is 4. The third-order valence-corrected chi connectivity index (χ3v) is 5.47. The number of carbonyl (C=O) groups excluding carboxylic acids is 1. The summed E-state index contributed by atoms with van der Waals surface area (Å²) in [6, 6.07) is 17.2. The first kappa shape index (κ1) is 18.2. The van der Waals surface area contributed by atoms with Gasteiger partial charge in [-0.1, -0.05) is 24.3 Å². The molecule has 150 valence electrons. The van der Waals surface area contributed by atoms with Gasteiger partial charge < -0.3 is 9.64 Å². The van der Waals surface area contributed by atoms with Gasteiger partial charge in [0, 0.05) is 48.7 Å². The zero-order valence-electron chi connectivity index (χ0n) is 16.6. The number of amides is 1. The van der Waals surface area contributed by atoms with Crippen LogP contribution >= 0.6 is 0 Å². The van der Waals surface area contributed by atoms with Crippen molar-refractivity contribution in [2.75, 3.05) is 13.7 Å². The van der Waals surface area contributed by atoms with Crippen molar-refractivity contribution in [1.82, 2.24) is 24.9 Å². The zero-order chi connectivity index (χ0) is 20.5. The minimum atomic E-state index is -0.0149. The molecule has 0 spiro atoms. The van der Waals surface area contributed by atoms with Gasteiger partial charge in [0.15, 0.2) is 0 Å². The van der Waals surface area contributed by atoms with E-state index >= 15 is 0 Å². The van der Waals surface area contributed by atoms with Crippen LogP contribution in [0.15, 0.2) is 67.0 Å². The van der Waals surface area contributed by atoms with Crippen LogP contribution in [0.1, 0.15) is 21.6 Å². The summed E-state index contributed by atoms with van der Waals surface area (Å²) in [4.78, 5) is 15.3. The molecule has 0 atom stereocenters. The Kier molecular flexibility index (Phi) is 4.55. The first-order valence-electron chi connectivity index (χ1n) is 9.84. The van der Waals surface area contributed by atoms with Gasteiger partial charge in [-0.3, -0.25) is 9.89 Å². The Labute approximate surface area is 173 Å². The summed E-state index contributed by atoms with van der Waals surface area (Å²) in [5.74, 6) is 0.748. The molecular weight excluding hydrogens is 378 g/mol. The fraction of sp³-hybridized carbons (Fsp3) is 0.174. The number of carbonyl (C=O) groups is 1. The van der Waals surface area contributed by atoms with Gasteiger partial charge in [-0.15, -0.1) is 0 Å². The van der Waals surface area contributed by atoms with E-state index in [2.05, 4.69) is 15.3 Å². The number of hydrogen-bond acceptors (Lipinski definition) is 4. The first-order valence-corrected chi connectivity index (χ1v) is 9.84. The largest absolute Gasteiger partial charge is 0.496 e. The van der Waals surface area contributed by atoms with Crippen molar-refractivity contribution < 1.29 is 9.53 Å². The van der Waals surface area contributed by atoms with Gasteiger partial charge in [-0.05, 0) is 30.3 Å². The second-order valence-electron chi connectivity index (χ2n) is 7.17. The maximum atomic E-state index is 13.4. The fourth-order valence-corrected chi connectivity index (χ4v) is 3.97. The van der Waals surface area contributed by atoms with Crippen LogP contribution < -0.4 is 4.74 Å². The van der Waals surface area contributed by atoms with E-state index in [1.54, 1.807) is 18.0 Å². The summed E-state index contributed by atoms with van der Waals surface area (Å²) in [6.07, 6.45) is 4.28. The van der Waals surface area contributed by atoms with E-state index in [1.807, 2.05) is 65.7 Å². The summed E-state index contributed by atoms with van der Waals surface area (Å²) in [7, 11) is 1.65. The van der Waals surface area contributed by atoms with E-state index in [0.29, 0.717) is 18.7 Å². The Bertz CT molecular complexity index is 1200. The summed E-state index contributed by atoms with van der Waals surface area (Å²) >= 11 is 0. The molecule has 0 aliphatic carbocycles. The lowest BCUT2D eigenvalue weighted by atomic mass is 9.99. The number of nitrogens with one attached hydrogen (secondary N) is 1. The first-order chi connectivity index (χ1) is 14.8. The molecule has 0 unspecified atom stereocenters. The highest BCUT2D eigenvalue weighted by Gasteiger charge is 2.28. The molecular formula is C23H21N5O2. The lowest BCUT2D eigenvalue weighted by Gasteiger charge is -2.28. The fourth-order valence-electron chi connectivity index (χ4n) is 3.97. The van der Waals surface area contributed by atoms with Crippen molar-refractivity contribution in [2.24, 2.45) is 0 Å². The zero-order valence-corrected chi connectivity index (χ0v) is 16.6. The standard InChI is InChI=1S/C23H21N5O2/c1-30-21-10-5-3-8-17(21)22-18-15-27(14-11-19(18)25-26-22)23(29)16-7-2-4-9-20(16)28-13-6-12-24-28/h2-10,12-13H,11,14-15H2,1H3,(H,25,26). The Morgan fingerprint density at radius 1 is 1.10 bits per heavy atom. The van der Waals surface area contributed by atoms with Gasteiger partial charge in [0.05, 0.1) is 18.4 Å². The lowest BCUT2D eigenvalue weighted by molar-refractivity contribution is 0.0734. The van der Waals surface area contributed by atoms with E-state index in [9.17, 15) is 4.79 Å². The van der Waals surface area contributed by atoms with Crippen LogP contribution in [0.3, 0.4) is 0 Å². The van der Waals surface area contributed by atoms with E-state index in [1.165, 1.54) is 0 Å². The smallest absolute Gasteiger partial charge is 0.256 e. The maximum absolute atomic E-state index is 13.4. The summed E-state index contributed by atoms with van der Waals surface area (Å²) in [5.41, 5.74) is 5.27. The number of para-hydroxylation sites is 2. The number of rotatable bonds is 4. The number of hydrogen-bond donors (Lipinski definition) is 1. The van der Waals surface area contributed by atoms with Crippen molar-refractivity contribution >= 4 is 5.91 Å². The number of fused-ring (bicyclic) bond motifs is 1. The summed E-state index contributed by atoms with van der Waals surface area (Å²) in [6.45, 7) is 1.12. The van der Waals surface area contributed by atoms with Crippen LogP contribution in [0.5, 0.6) is 5.75 Å². The van der Waals surface area contributed by atoms with Gasteiger partial charge in [0.1, 0.15) is 11.4 Å². The molecule has 0 radical (unpaired) electrons. The third-order valence-electron chi connectivity index (χ3n) is 5.47. The van der Waals surface area contributed by atoms with Crippen LogP contribution in [0.2, 0.25) is 0 Å². The van der Waals surface area contributed by atoms with Gasteiger partial charge >= 0.3 is 0 Å². The number of aromatic amines is 1. The van der Waals surface area contributed by atoms with Crippen molar-refractivity contribution in [3.8, 4) is 22.7 Å². The van der Waals surface area contributed by atoms with Crippen LogP contribution in [0.25, 0.3) is 16.9 Å². The third kappa shape index (κ3) is 3.04. The Morgan fingerprint density at radius 3 is 2.77 bits per heavy atom. The molecule has 3 heterocycles. The molecule has 0 saturated carbocycles. The number of H-pyrrole nitrogens is 1. The molecule has 2 aromatic carbocycles. The average molecular weight is 399 g/mol. The molecule has 7 nitrogen and oxygen atoms in total. The molecule has 4 aromatic rings. The molecule has 0 fully saturated rings. The second kappa shape index (κ2) is 7.51. The minimum Gasteiger partial charge on any atom is -0.496 e. The molecule has 5 rings (SSSR count). The summed E-state index contributed by atoms with van der Waals surface area (Å²) < 4.78 is 7.24. The highest BCUT2D eigenvalue weighted by atomic mass is 16.5. The predicted molar refractivity (Wildman–Crippen MR) is 113 cm³/mol. The molecule has 1 aliphatic heterocycles. The van der Waals surface area contributed by atoms with Gasteiger partial charge in [0.2, 0.25) is 0 Å². The Hall–Kier alpha value is -3.87. The SMILES string of the molecule is COc1ccccc1-c1n[nH]c2c1CN(C(=O)c1ccccc1-n1cccn1)CC2. The topological polar surface area (TPSA) is 76.0 Å². The normalized spacial score (nSPS) is 13.2. The Balaban J connectivity index is 1.49. The van der Waals surface area contributed by atoms with Crippen molar-refractivity contribution in [1.29, 1.82) is 0 Å². The monoisotopic (exact) mass is 399 g/mol. The second-order valence-corrected chi connectivity index (χ2v) is 7.17. The molecule has 7 heteroatoms. The molecule has 1 amide bonds. The van der Waals surface area contributed by atoms with E-state index in [4.69, 9.17) is 4.74 Å². The van der Waals surface area contributed by atoms with Crippen molar-refractivity contribution in [3.05, 3.63) is 83.8 Å². The minimum absolute atomic E-state index is 0.0149. The molecule has 0 bridgehead atoms. The molecule has 30 heavy (non-hydrogen) atoms. The van der Waals surface area contributed by atoms with Crippen LogP contribution in [0, 0.1) is 0 Å². The highest BCUT2D eigenvalue weighted by Crippen LogP contribution is 2.34. The van der Waals surface area contributed by atoms with Crippen molar-refractivity contribution in [2.45, 2.75) is 13.0 Å². The number of aromatic nitrogens is 4. The maximum Gasteiger partial charge on any atom is 0.256 e. The van der Waals surface area contributed by atoms with E-state index in [-0.39, 0.29) is 5.91 Å². The van der Waals surface area contributed by atoms with Gasteiger partial charge in [-0.25, -0.2) is 4.68 Å². The van der Waals surface area contributed by atoms with Gasteiger partial charge in [0.25, 0.3) is 5.91 Å². The van der Waals surface area contributed by atoms with E-state index in [0.717, 1.165) is 40.4 Å². The molecule has 2 aromatic heterocycles. The molecule has 1 N–H and O–H groups in total. The van der Waals surface area contributed by atoms with Crippen LogP contribution in [0.4, 0.5) is 0 Å². The predicted octanol–water partition coefficient (Wildman–Crippen LogP) is 3.47. The number of methoxy groups -OCH3 is 1.